The van der Waals surface area contributed by atoms with Crippen molar-refractivity contribution in [3.8, 4) is 0 Å². The summed E-state index contributed by atoms with van der Waals surface area (Å²) in [5, 5.41) is 3.75. The molecule has 1 heterocycles. The predicted molar refractivity (Wildman–Crippen MR) is 76.6 cm³/mol. The SMILES string of the molecule is CCC1(CC)CN(CC(C)=CCl)C(C)CCN1. The second-order valence-corrected chi connectivity index (χ2v) is 5.63. The summed E-state index contributed by atoms with van der Waals surface area (Å²) >= 11 is 5.79. The average Bonchev–Trinajstić information content (AvgIpc) is 2.50. The lowest BCUT2D eigenvalue weighted by Crippen LogP contribution is -2.51. The minimum atomic E-state index is 0.289. The molecule has 100 valence electrons. The van der Waals surface area contributed by atoms with E-state index in [4.69, 9.17) is 11.6 Å². The largest absolute Gasteiger partial charge is 0.310 e. The Morgan fingerprint density at radius 2 is 2.12 bits per heavy atom. The fraction of sp³-hybridized carbons (Fsp3) is 0.857. The van der Waals surface area contributed by atoms with Gasteiger partial charge in [-0.1, -0.05) is 25.4 Å². The van der Waals surface area contributed by atoms with Gasteiger partial charge in [0.25, 0.3) is 0 Å². The van der Waals surface area contributed by atoms with Crippen molar-refractivity contribution in [1.82, 2.24) is 10.2 Å². The fourth-order valence-corrected chi connectivity index (χ4v) is 2.69. The van der Waals surface area contributed by atoms with Crippen molar-refractivity contribution in [1.29, 1.82) is 0 Å². The van der Waals surface area contributed by atoms with Crippen molar-refractivity contribution < 1.29 is 0 Å². The van der Waals surface area contributed by atoms with Crippen LogP contribution in [0.25, 0.3) is 0 Å². The Balaban J connectivity index is 2.77. The predicted octanol–water partition coefficient (Wildman–Crippen LogP) is 3.37. The Morgan fingerprint density at radius 3 is 2.65 bits per heavy atom. The van der Waals surface area contributed by atoms with Crippen LogP contribution in [0.2, 0.25) is 0 Å². The second-order valence-electron chi connectivity index (χ2n) is 5.41. The molecule has 1 rings (SSSR count). The monoisotopic (exact) mass is 258 g/mol. The molecule has 1 N–H and O–H groups in total. The zero-order valence-electron chi connectivity index (χ0n) is 11.7. The molecule has 0 saturated carbocycles. The van der Waals surface area contributed by atoms with Crippen LogP contribution in [-0.4, -0.2) is 36.1 Å². The quantitative estimate of drug-likeness (QED) is 0.832. The zero-order valence-corrected chi connectivity index (χ0v) is 12.5. The lowest BCUT2D eigenvalue weighted by molar-refractivity contribution is 0.172. The molecule has 2 nitrogen and oxygen atoms in total. The molecular weight excluding hydrogens is 232 g/mol. The van der Waals surface area contributed by atoms with E-state index in [1.807, 2.05) is 0 Å². The van der Waals surface area contributed by atoms with Gasteiger partial charge in [-0.2, -0.15) is 0 Å². The highest BCUT2D eigenvalue weighted by Crippen LogP contribution is 2.23. The van der Waals surface area contributed by atoms with Gasteiger partial charge in [-0.3, -0.25) is 4.90 Å². The first-order valence-corrected chi connectivity index (χ1v) is 7.25. The Morgan fingerprint density at radius 1 is 1.47 bits per heavy atom. The van der Waals surface area contributed by atoms with Crippen LogP contribution in [-0.2, 0) is 0 Å². The molecule has 0 aliphatic carbocycles. The summed E-state index contributed by atoms with van der Waals surface area (Å²) in [6.07, 6.45) is 3.60. The Labute approximate surface area is 111 Å². The lowest BCUT2D eigenvalue weighted by Gasteiger charge is -2.37. The van der Waals surface area contributed by atoms with Crippen LogP contribution in [0.4, 0.5) is 0 Å². The van der Waals surface area contributed by atoms with E-state index in [0.29, 0.717) is 6.04 Å². The highest BCUT2D eigenvalue weighted by Gasteiger charge is 2.32. The van der Waals surface area contributed by atoms with Gasteiger partial charge in [-0.15, -0.1) is 0 Å². The molecule has 1 fully saturated rings. The van der Waals surface area contributed by atoms with Gasteiger partial charge in [0.05, 0.1) is 0 Å². The summed E-state index contributed by atoms with van der Waals surface area (Å²) in [5.41, 5.74) is 3.25. The smallest absolute Gasteiger partial charge is 0.0303 e. The van der Waals surface area contributed by atoms with E-state index in [2.05, 4.69) is 37.9 Å². The van der Waals surface area contributed by atoms with Crippen molar-refractivity contribution in [2.45, 2.75) is 58.5 Å². The van der Waals surface area contributed by atoms with Gasteiger partial charge in [0, 0.05) is 30.2 Å². The van der Waals surface area contributed by atoms with Crippen LogP contribution in [0, 0.1) is 0 Å². The van der Waals surface area contributed by atoms with Gasteiger partial charge < -0.3 is 5.32 Å². The first kappa shape index (κ1) is 15.0. The third-order valence-corrected chi connectivity index (χ3v) is 4.56. The first-order chi connectivity index (χ1) is 8.06. The average molecular weight is 259 g/mol. The van der Waals surface area contributed by atoms with Crippen LogP contribution in [0.1, 0.15) is 47.0 Å². The van der Waals surface area contributed by atoms with E-state index in [9.17, 15) is 0 Å². The zero-order chi connectivity index (χ0) is 12.9. The highest BCUT2D eigenvalue weighted by atomic mass is 35.5. The van der Waals surface area contributed by atoms with Crippen molar-refractivity contribution in [2.75, 3.05) is 19.6 Å². The molecule has 1 aliphatic rings. The van der Waals surface area contributed by atoms with Gasteiger partial charge >= 0.3 is 0 Å². The maximum atomic E-state index is 5.79. The molecule has 0 aromatic carbocycles. The highest BCUT2D eigenvalue weighted by molar-refractivity contribution is 6.25. The van der Waals surface area contributed by atoms with Crippen LogP contribution in [0.5, 0.6) is 0 Å². The van der Waals surface area contributed by atoms with Crippen LogP contribution in [0.15, 0.2) is 11.1 Å². The maximum Gasteiger partial charge on any atom is 0.0303 e. The maximum absolute atomic E-state index is 5.79. The number of hydrogen-bond acceptors (Lipinski definition) is 2. The summed E-state index contributed by atoms with van der Waals surface area (Å²) in [5.74, 6) is 0. The summed E-state index contributed by atoms with van der Waals surface area (Å²) in [6, 6.07) is 0.633. The summed E-state index contributed by atoms with van der Waals surface area (Å²) in [4.78, 5) is 2.57. The molecule has 0 aromatic heterocycles. The van der Waals surface area contributed by atoms with Crippen LogP contribution in [0.3, 0.4) is 0 Å². The molecule has 1 saturated heterocycles. The van der Waals surface area contributed by atoms with Crippen LogP contribution < -0.4 is 5.32 Å². The van der Waals surface area contributed by atoms with Gasteiger partial charge in [-0.05, 0) is 45.2 Å². The number of nitrogens with zero attached hydrogens (tertiary/aromatic N) is 1. The standard InChI is InChI=1S/C14H27ClN2/c1-5-14(6-2)11-17(10-12(3)9-15)13(4)7-8-16-14/h9,13,16H,5-8,10-11H2,1-4H3. The molecular formula is C14H27ClN2. The first-order valence-electron chi connectivity index (χ1n) is 6.82. The molecule has 0 spiro atoms. The van der Waals surface area contributed by atoms with Crippen molar-refractivity contribution in [3.05, 3.63) is 11.1 Å². The van der Waals surface area contributed by atoms with E-state index >= 15 is 0 Å². The summed E-state index contributed by atoms with van der Waals surface area (Å²) in [6.45, 7) is 12.3. The minimum Gasteiger partial charge on any atom is -0.310 e. The number of nitrogens with one attached hydrogen (secondary N) is 1. The Hall–Kier alpha value is -0.0500. The van der Waals surface area contributed by atoms with Crippen molar-refractivity contribution >= 4 is 11.6 Å². The molecule has 0 bridgehead atoms. The number of rotatable bonds is 4. The second kappa shape index (κ2) is 6.77. The minimum absolute atomic E-state index is 0.289. The summed E-state index contributed by atoms with van der Waals surface area (Å²) < 4.78 is 0. The molecule has 0 amide bonds. The van der Waals surface area contributed by atoms with Gasteiger partial charge in [0.1, 0.15) is 0 Å². The Kier molecular flexibility index (Phi) is 5.98. The van der Waals surface area contributed by atoms with E-state index in [1.165, 1.54) is 24.8 Å². The van der Waals surface area contributed by atoms with E-state index in [0.717, 1.165) is 19.6 Å². The third-order valence-electron chi connectivity index (χ3n) is 4.18. The molecule has 0 aromatic rings. The fourth-order valence-electron chi connectivity index (χ4n) is 2.62. The normalized spacial score (nSPS) is 26.9. The molecule has 17 heavy (non-hydrogen) atoms. The number of halogens is 1. The van der Waals surface area contributed by atoms with Crippen molar-refractivity contribution in [2.24, 2.45) is 0 Å². The van der Waals surface area contributed by atoms with E-state index < -0.39 is 0 Å². The molecule has 1 atom stereocenters. The molecule has 3 heteroatoms. The third kappa shape index (κ3) is 3.97. The van der Waals surface area contributed by atoms with E-state index in [-0.39, 0.29) is 5.54 Å². The summed E-state index contributed by atoms with van der Waals surface area (Å²) in [7, 11) is 0. The lowest BCUT2D eigenvalue weighted by atomic mass is 9.92. The van der Waals surface area contributed by atoms with Gasteiger partial charge in [0.2, 0.25) is 0 Å². The van der Waals surface area contributed by atoms with Crippen molar-refractivity contribution in [3.63, 3.8) is 0 Å². The van der Waals surface area contributed by atoms with Gasteiger partial charge in [0.15, 0.2) is 0 Å². The molecule has 1 aliphatic heterocycles. The van der Waals surface area contributed by atoms with Crippen LogP contribution >= 0.6 is 11.6 Å². The van der Waals surface area contributed by atoms with E-state index in [1.54, 1.807) is 5.54 Å². The Bertz CT molecular complexity index is 259. The molecule has 1 unspecified atom stereocenters. The topological polar surface area (TPSA) is 15.3 Å². The molecule has 0 radical (unpaired) electrons. The number of hydrogen-bond donors (Lipinski definition) is 1. The van der Waals surface area contributed by atoms with Gasteiger partial charge in [-0.25, -0.2) is 0 Å².